The Balaban J connectivity index is 1.84. The van der Waals surface area contributed by atoms with Crippen molar-refractivity contribution < 1.29 is 14.7 Å². The second-order valence-electron chi connectivity index (χ2n) is 6.27. The van der Waals surface area contributed by atoms with E-state index in [0.717, 1.165) is 18.8 Å². The first-order valence-corrected chi connectivity index (χ1v) is 7.56. The minimum absolute atomic E-state index is 0.0809. The van der Waals surface area contributed by atoms with Crippen LogP contribution in [0.15, 0.2) is 0 Å². The Morgan fingerprint density at radius 2 is 1.84 bits per heavy atom. The zero-order valence-corrected chi connectivity index (χ0v) is 11.9. The van der Waals surface area contributed by atoms with Gasteiger partial charge < -0.3 is 10.4 Å². The van der Waals surface area contributed by atoms with Crippen molar-refractivity contribution in [3.63, 3.8) is 0 Å². The van der Waals surface area contributed by atoms with E-state index in [4.69, 9.17) is 5.11 Å². The van der Waals surface area contributed by atoms with E-state index >= 15 is 0 Å². The molecule has 0 aliphatic heterocycles. The second kappa shape index (κ2) is 5.93. The van der Waals surface area contributed by atoms with Crippen LogP contribution in [0, 0.1) is 23.7 Å². The highest BCUT2D eigenvalue weighted by atomic mass is 16.4. The Labute approximate surface area is 115 Å². The summed E-state index contributed by atoms with van der Waals surface area (Å²) in [4.78, 5) is 23.1. The molecule has 4 nitrogen and oxygen atoms in total. The van der Waals surface area contributed by atoms with Gasteiger partial charge in [-0.3, -0.25) is 9.59 Å². The molecule has 108 valence electrons. The van der Waals surface area contributed by atoms with Crippen LogP contribution in [0.25, 0.3) is 0 Å². The summed E-state index contributed by atoms with van der Waals surface area (Å²) in [5.41, 5.74) is 0. The lowest BCUT2D eigenvalue weighted by Crippen LogP contribution is -2.40. The molecule has 0 bridgehead atoms. The van der Waals surface area contributed by atoms with E-state index in [2.05, 4.69) is 19.2 Å². The quantitative estimate of drug-likeness (QED) is 0.822. The average Bonchev–Trinajstić information content (AvgIpc) is 2.97. The Kier molecular flexibility index (Phi) is 4.48. The van der Waals surface area contributed by atoms with Crippen molar-refractivity contribution in [2.75, 3.05) is 0 Å². The Morgan fingerprint density at radius 1 is 1.16 bits per heavy atom. The van der Waals surface area contributed by atoms with Crippen LogP contribution in [0.1, 0.15) is 52.4 Å². The summed E-state index contributed by atoms with van der Waals surface area (Å²) in [6.45, 7) is 4.43. The predicted octanol–water partition coefficient (Wildman–Crippen LogP) is 2.43. The van der Waals surface area contributed by atoms with Crippen molar-refractivity contribution in [3.05, 3.63) is 0 Å². The molecule has 0 aromatic heterocycles. The third kappa shape index (κ3) is 3.10. The highest BCUT2D eigenvalue weighted by molar-refractivity contribution is 5.81. The maximum absolute atomic E-state index is 12.2. The maximum Gasteiger partial charge on any atom is 0.306 e. The van der Waals surface area contributed by atoms with E-state index in [1.54, 1.807) is 0 Å². The van der Waals surface area contributed by atoms with Gasteiger partial charge in [-0.2, -0.15) is 0 Å². The lowest BCUT2D eigenvalue weighted by atomic mass is 9.93. The van der Waals surface area contributed by atoms with Gasteiger partial charge in [0.25, 0.3) is 0 Å². The monoisotopic (exact) mass is 267 g/mol. The van der Waals surface area contributed by atoms with Gasteiger partial charge in [-0.05, 0) is 43.9 Å². The molecule has 5 atom stereocenters. The van der Waals surface area contributed by atoms with Gasteiger partial charge in [0.1, 0.15) is 0 Å². The standard InChI is InChI=1S/C15H25NO3/c1-3-10-6-7-13(9(10)2)16-14(17)11-4-5-12(8-11)15(18)19/h9-13H,3-8H2,1-2H3,(H,16,17)(H,18,19). The molecule has 2 saturated carbocycles. The number of nitrogens with one attached hydrogen (secondary N) is 1. The Hall–Kier alpha value is -1.06. The van der Waals surface area contributed by atoms with E-state index in [-0.39, 0.29) is 17.7 Å². The molecule has 0 radical (unpaired) electrons. The molecule has 5 unspecified atom stereocenters. The largest absolute Gasteiger partial charge is 0.481 e. The first kappa shape index (κ1) is 14.4. The number of carbonyl (C=O) groups is 2. The van der Waals surface area contributed by atoms with Crippen molar-refractivity contribution in [2.45, 2.75) is 58.4 Å². The van der Waals surface area contributed by atoms with E-state index in [1.165, 1.54) is 12.8 Å². The highest BCUT2D eigenvalue weighted by Gasteiger charge is 2.37. The van der Waals surface area contributed by atoms with Gasteiger partial charge in [-0.1, -0.05) is 20.3 Å². The molecular weight excluding hydrogens is 242 g/mol. The fraction of sp³-hybridized carbons (Fsp3) is 0.867. The second-order valence-corrected chi connectivity index (χ2v) is 6.27. The molecule has 2 aliphatic rings. The van der Waals surface area contributed by atoms with Crippen LogP contribution in [-0.4, -0.2) is 23.0 Å². The third-order valence-corrected chi connectivity index (χ3v) is 5.23. The molecule has 2 N–H and O–H groups in total. The Bertz CT molecular complexity index is 355. The summed E-state index contributed by atoms with van der Waals surface area (Å²) in [7, 11) is 0. The number of aliphatic carboxylic acids is 1. The minimum Gasteiger partial charge on any atom is -0.481 e. The molecule has 0 aromatic carbocycles. The van der Waals surface area contributed by atoms with Crippen molar-refractivity contribution in [3.8, 4) is 0 Å². The van der Waals surface area contributed by atoms with Crippen LogP contribution in [0.3, 0.4) is 0 Å². The molecule has 4 heteroatoms. The molecule has 1 amide bonds. The first-order valence-electron chi connectivity index (χ1n) is 7.56. The van der Waals surface area contributed by atoms with Crippen LogP contribution in [0.2, 0.25) is 0 Å². The molecule has 19 heavy (non-hydrogen) atoms. The van der Waals surface area contributed by atoms with Crippen molar-refractivity contribution in [1.82, 2.24) is 5.32 Å². The molecule has 2 rings (SSSR count). The summed E-state index contributed by atoms with van der Waals surface area (Å²) in [6, 6.07) is 0.293. The van der Waals surface area contributed by atoms with Crippen LogP contribution >= 0.6 is 0 Å². The smallest absolute Gasteiger partial charge is 0.306 e. The lowest BCUT2D eigenvalue weighted by Gasteiger charge is -2.22. The fourth-order valence-electron chi connectivity index (χ4n) is 3.77. The zero-order chi connectivity index (χ0) is 14.0. The van der Waals surface area contributed by atoms with Crippen molar-refractivity contribution >= 4 is 11.9 Å². The number of carboxylic acids is 1. The van der Waals surface area contributed by atoms with Gasteiger partial charge in [0, 0.05) is 12.0 Å². The Morgan fingerprint density at radius 3 is 2.37 bits per heavy atom. The van der Waals surface area contributed by atoms with E-state index in [9.17, 15) is 9.59 Å². The van der Waals surface area contributed by atoms with Gasteiger partial charge in [0.15, 0.2) is 0 Å². The van der Waals surface area contributed by atoms with Gasteiger partial charge in [-0.25, -0.2) is 0 Å². The predicted molar refractivity (Wildman–Crippen MR) is 72.6 cm³/mol. The number of carboxylic acid groups (broad SMARTS) is 1. The lowest BCUT2D eigenvalue weighted by molar-refractivity contribution is -0.141. The van der Waals surface area contributed by atoms with Crippen LogP contribution in [-0.2, 0) is 9.59 Å². The van der Waals surface area contributed by atoms with Gasteiger partial charge >= 0.3 is 5.97 Å². The molecule has 2 aliphatic carbocycles. The molecule has 0 aromatic rings. The number of carbonyl (C=O) groups excluding carboxylic acids is 1. The number of hydrogen-bond acceptors (Lipinski definition) is 2. The summed E-state index contributed by atoms with van der Waals surface area (Å²) in [5, 5.41) is 12.1. The molecular formula is C15H25NO3. The molecule has 2 fully saturated rings. The third-order valence-electron chi connectivity index (χ3n) is 5.23. The summed E-state index contributed by atoms with van der Waals surface area (Å²) < 4.78 is 0. The summed E-state index contributed by atoms with van der Waals surface area (Å²) >= 11 is 0. The topological polar surface area (TPSA) is 66.4 Å². The average molecular weight is 267 g/mol. The minimum atomic E-state index is -0.754. The van der Waals surface area contributed by atoms with Gasteiger partial charge in [-0.15, -0.1) is 0 Å². The summed E-state index contributed by atoms with van der Waals surface area (Å²) in [6.07, 6.45) is 5.33. The SMILES string of the molecule is CCC1CCC(NC(=O)C2CCC(C(=O)O)C2)C1C. The zero-order valence-electron chi connectivity index (χ0n) is 11.9. The normalized spacial score (nSPS) is 38.3. The van der Waals surface area contributed by atoms with Crippen LogP contribution < -0.4 is 5.32 Å². The van der Waals surface area contributed by atoms with E-state index in [0.29, 0.717) is 24.8 Å². The maximum atomic E-state index is 12.2. The highest BCUT2D eigenvalue weighted by Crippen LogP contribution is 2.35. The molecule has 0 heterocycles. The van der Waals surface area contributed by atoms with Crippen LogP contribution in [0.4, 0.5) is 0 Å². The first-order chi connectivity index (χ1) is 9.02. The number of amides is 1. The fourth-order valence-corrected chi connectivity index (χ4v) is 3.77. The number of rotatable bonds is 4. The van der Waals surface area contributed by atoms with Crippen molar-refractivity contribution in [1.29, 1.82) is 0 Å². The van der Waals surface area contributed by atoms with E-state index < -0.39 is 5.97 Å². The van der Waals surface area contributed by atoms with E-state index in [1.807, 2.05) is 0 Å². The molecule has 0 saturated heterocycles. The summed E-state index contributed by atoms with van der Waals surface area (Å²) in [5.74, 6) is 0.188. The van der Waals surface area contributed by atoms with Gasteiger partial charge in [0.05, 0.1) is 5.92 Å². The van der Waals surface area contributed by atoms with Gasteiger partial charge in [0.2, 0.25) is 5.91 Å². The number of hydrogen-bond donors (Lipinski definition) is 2. The molecule has 0 spiro atoms. The van der Waals surface area contributed by atoms with Crippen molar-refractivity contribution in [2.24, 2.45) is 23.7 Å². The van der Waals surface area contributed by atoms with Crippen LogP contribution in [0.5, 0.6) is 0 Å².